The summed E-state index contributed by atoms with van der Waals surface area (Å²) in [6.45, 7) is 0. The van der Waals surface area contributed by atoms with Crippen LogP contribution in [-0.4, -0.2) is 19.8 Å². The number of nitrogens with zero attached hydrogens (tertiary/aromatic N) is 3. The standard InChI is InChI=1S/C23H22BrN3/c1-26(2)20-12-8-18(9-13-20)23-16-22(17-6-4-3-5-7-17)25-27(23)21-14-10-19(24)11-15-21/h3-15,23H,16H2,1-2H3. The summed E-state index contributed by atoms with van der Waals surface area (Å²) in [5.41, 5.74) is 5.90. The van der Waals surface area contributed by atoms with Crippen LogP contribution in [0.25, 0.3) is 0 Å². The zero-order valence-corrected chi connectivity index (χ0v) is 17.1. The molecule has 0 aromatic heterocycles. The lowest BCUT2D eigenvalue weighted by molar-refractivity contribution is 0.709. The number of halogens is 1. The molecule has 3 aromatic carbocycles. The van der Waals surface area contributed by atoms with Crippen molar-refractivity contribution >= 4 is 33.0 Å². The van der Waals surface area contributed by atoms with Gasteiger partial charge in [0.15, 0.2) is 0 Å². The largest absolute Gasteiger partial charge is 0.378 e. The van der Waals surface area contributed by atoms with Crippen LogP contribution >= 0.6 is 15.9 Å². The van der Waals surface area contributed by atoms with Gasteiger partial charge in [-0.05, 0) is 47.5 Å². The van der Waals surface area contributed by atoms with E-state index < -0.39 is 0 Å². The van der Waals surface area contributed by atoms with Crippen LogP contribution in [0.1, 0.15) is 23.6 Å². The van der Waals surface area contributed by atoms with E-state index in [1.165, 1.54) is 16.8 Å². The van der Waals surface area contributed by atoms with Gasteiger partial charge in [0, 0.05) is 30.7 Å². The molecule has 1 unspecified atom stereocenters. The zero-order chi connectivity index (χ0) is 18.8. The fourth-order valence-corrected chi connectivity index (χ4v) is 3.67. The number of hydrazone groups is 1. The van der Waals surface area contributed by atoms with Crippen molar-refractivity contribution in [2.24, 2.45) is 5.10 Å². The second kappa shape index (κ2) is 7.57. The number of anilines is 2. The number of benzene rings is 3. The summed E-state index contributed by atoms with van der Waals surface area (Å²) in [7, 11) is 4.13. The van der Waals surface area contributed by atoms with E-state index in [0.29, 0.717) is 0 Å². The van der Waals surface area contributed by atoms with Crippen molar-refractivity contribution in [3.05, 3.63) is 94.5 Å². The highest BCUT2D eigenvalue weighted by molar-refractivity contribution is 9.10. The van der Waals surface area contributed by atoms with Gasteiger partial charge in [-0.15, -0.1) is 0 Å². The van der Waals surface area contributed by atoms with Gasteiger partial charge in [0.2, 0.25) is 0 Å². The molecular weight excluding hydrogens is 398 g/mol. The maximum Gasteiger partial charge on any atom is 0.0831 e. The summed E-state index contributed by atoms with van der Waals surface area (Å²) in [5, 5.41) is 7.15. The van der Waals surface area contributed by atoms with E-state index in [1.54, 1.807) is 0 Å². The third kappa shape index (κ3) is 3.76. The molecule has 3 nitrogen and oxygen atoms in total. The molecule has 4 heteroatoms. The molecule has 0 aliphatic carbocycles. The molecule has 136 valence electrons. The highest BCUT2D eigenvalue weighted by atomic mass is 79.9. The van der Waals surface area contributed by atoms with E-state index in [-0.39, 0.29) is 6.04 Å². The predicted molar refractivity (Wildman–Crippen MR) is 118 cm³/mol. The van der Waals surface area contributed by atoms with Crippen LogP contribution < -0.4 is 9.91 Å². The van der Waals surface area contributed by atoms with Crippen molar-refractivity contribution in [2.45, 2.75) is 12.5 Å². The molecule has 4 rings (SSSR count). The van der Waals surface area contributed by atoms with Crippen LogP contribution in [-0.2, 0) is 0 Å². The van der Waals surface area contributed by atoms with Gasteiger partial charge in [0.1, 0.15) is 0 Å². The molecule has 0 saturated heterocycles. The van der Waals surface area contributed by atoms with Crippen molar-refractivity contribution in [2.75, 3.05) is 24.0 Å². The fraction of sp³-hybridized carbons (Fsp3) is 0.174. The summed E-state index contributed by atoms with van der Waals surface area (Å²) in [6.07, 6.45) is 0.890. The molecule has 1 aliphatic rings. The molecule has 0 bridgehead atoms. The quantitative estimate of drug-likeness (QED) is 0.526. The third-order valence-corrected chi connectivity index (χ3v) is 5.43. The Balaban J connectivity index is 1.71. The molecule has 0 N–H and O–H groups in total. The maximum absolute atomic E-state index is 5.00. The number of hydrogen-bond acceptors (Lipinski definition) is 3. The Morgan fingerprint density at radius 1 is 0.889 bits per heavy atom. The number of rotatable bonds is 4. The van der Waals surface area contributed by atoms with Crippen LogP contribution in [0, 0.1) is 0 Å². The first-order chi connectivity index (χ1) is 13.1. The van der Waals surface area contributed by atoms with Gasteiger partial charge in [-0.2, -0.15) is 5.10 Å². The highest BCUT2D eigenvalue weighted by Crippen LogP contribution is 2.37. The molecule has 1 heterocycles. The van der Waals surface area contributed by atoms with E-state index in [2.05, 4.69) is 113 Å². The second-order valence-electron chi connectivity index (χ2n) is 6.94. The van der Waals surface area contributed by atoms with Crippen molar-refractivity contribution in [3.8, 4) is 0 Å². The zero-order valence-electron chi connectivity index (χ0n) is 15.5. The van der Waals surface area contributed by atoms with Crippen LogP contribution in [0.3, 0.4) is 0 Å². The average molecular weight is 420 g/mol. The van der Waals surface area contributed by atoms with Crippen LogP contribution in [0.5, 0.6) is 0 Å². The van der Waals surface area contributed by atoms with E-state index in [4.69, 9.17) is 5.10 Å². The Bertz CT molecular complexity index is 932. The van der Waals surface area contributed by atoms with Crippen LogP contribution in [0.2, 0.25) is 0 Å². The minimum Gasteiger partial charge on any atom is -0.378 e. The number of hydrogen-bond donors (Lipinski definition) is 0. The minimum atomic E-state index is 0.192. The SMILES string of the molecule is CN(C)c1ccc(C2CC(c3ccccc3)=NN2c2ccc(Br)cc2)cc1. The lowest BCUT2D eigenvalue weighted by atomic mass is 9.98. The first-order valence-electron chi connectivity index (χ1n) is 9.07. The molecule has 1 aliphatic heterocycles. The van der Waals surface area contributed by atoms with E-state index in [1.807, 2.05) is 6.07 Å². The molecule has 0 amide bonds. The van der Waals surface area contributed by atoms with E-state index >= 15 is 0 Å². The van der Waals surface area contributed by atoms with E-state index in [9.17, 15) is 0 Å². The maximum atomic E-state index is 5.00. The molecule has 1 atom stereocenters. The van der Waals surface area contributed by atoms with Gasteiger partial charge in [0.25, 0.3) is 0 Å². The van der Waals surface area contributed by atoms with Gasteiger partial charge in [0.05, 0.1) is 17.4 Å². The molecule has 3 aromatic rings. The van der Waals surface area contributed by atoms with E-state index in [0.717, 1.165) is 22.3 Å². The van der Waals surface area contributed by atoms with Gasteiger partial charge in [-0.3, -0.25) is 5.01 Å². The average Bonchev–Trinajstić information content (AvgIpc) is 3.15. The molecule has 27 heavy (non-hydrogen) atoms. The molecule has 0 saturated carbocycles. The fourth-order valence-electron chi connectivity index (χ4n) is 3.40. The first kappa shape index (κ1) is 17.8. The van der Waals surface area contributed by atoms with Gasteiger partial charge < -0.3 is 4.90 Å². The van der Waals surface area contributed by atoms with Crippen molar-refractivity contribution in [3.63, 3.8) is 0 Å². The summed E-state index contributed by atoms with van der Waals surface area (Å²) in [6, 6.07) is 27.8. The van der Waals surface area contributed by atoms with Crippen molar-refractivity contribution in [1.82, 2.24) is 0 Å². The lowest BCUT2D eigenvalue weighted by Crippen LogP contribution is -2.18. The Morgan fingerprint density at radius 3 is 2.19 bits per heavy atom. The molecule has 0 spiro atoms. The summed E-state index contributed by atoms with van der Waals surface area (Å²) < 4.78 is 1.07. The second-order valence-corrected chi connectivity index (χ2v) is 7.86. The highest BCUT2D eigenvalue weighted by Gasteiger charge is 2.29. The van der Waals surface area contributed by atoms with Crippen molar-refractivity contribution < 1.29 is 0 Å². The minimum absolute atomic E-state index is 0.192. The monoisotopic (exact) mass is 419 g/mol. The lowest BCUT2D eigenvalue weighted by Gasteiger charge is -2.24. The summed E-state index contributed by atoms with van der Waals surface area (Å²) >= 11 is 3.53. The summed E-state index contributed by atoms with van der Waals surface area (Å²) in [4.78, 5) is 2.12. The Morgan fingerprint density at radius 2 is 1.56 bits per heavy atom. The predicted octanol–water partition coefficient (Wildman–Crippen LogP) is 5.87. The summed E-state index contributed by atoms with van der Waals surface area (Å²) in [5.74, 6) is 0. The van der Waals surface area contributed by atoms with Crippen LogP contribution in [0.15, 0.2) is 88.4 Å². The van der Waals surface area contributed by atoms with Gasteiger partial charge >= 0.3 is 0 Å². The molecule has 0 radical (unpaired) electrons. The van der Waals surface area contributed by atoms with Crippen LogP contribution in [0.4, 0.5) is 11.4 Å². The normalized spacial score (nSPS) is 16.3. The Hall–Kier alpha value is -2.59. The molecule has 0 fully saturated rings. The topological polar surface area (TPSA) is 18.8 Å². The first-order valence-corrected chi connectivity index (χ1v) is 9.86. The van der Waals surface area contributed by atoms with Gasteiger partial charge in [-0.1, -0.05) is 58.4 Å². The third-order valence-electron chi connectivity index (χ3n) is 4.90. The molecular formula is C23H22BrN3. The smallest absolute Gasteiger partial charge is 0.0831 e. The van der Waals surface area contributed by atoms with Crippen molar-refractivity contribution in [1.29, 1.82) is 0 Å². The van der Waals surface area contributed by atoms with Gasteiger partial charge in [-0.25, -0.2) is 0 Å². The Kier molecular flexibility index (Phi) is 4.99. The Labute approximate surface area is 169 Å².